The molecule has 17 N–H and O–H groups in total. The number of amides is 11. The maximum atomic E-state index is 14.2. The number of nitrogens with one attached hydrogen (secondary N) is 6. The number of nitrogens with two attached hydrogens (primary N) is 4. The van der Waals surface area contributed by atoms with Gasteiger partial charge in [-0.05, 0) is 56.9 Å². The van der Waals surface area contributed by atoms with Crippen molar-refractivity contribution in [3.05, 3.63) is 35.9 Å². The van der Waals surface area contributed by atoms with E-state index in [4.69, 9.17) is 22.9 Å². The van der Waals surface area contributed by atoms with Crippen molar-refractivity contribution < 1.29 is 72.9 Å². The molecule has 398 valence electrons. The van der Waals surface area contributed by atoms with Crippen LogP contribution in [0.4, 0.5) is 0 Å². The normalized spacial score (nSPS) is 18.7. The Labute approximate surface area is 414 Å². The van der Waals surface area contributed by atoms with Crippen molar-refractivity contribution in [2.24, 2.45) is 28.9 Å². The van der Waals surface area contributed by atoms with Crippen LogP contribution in [0.2, 0.25) is 0 Å². The molecule has 0 spiro atoms. The highest BCUT2D eigenvalue weighted by atomic mass is 16.4. The molecular formula is C45H68N12O15. The van der Waals surface area contributed by atoms with E-state index in [0.29, 0.717) is 12.0 Å². The average molecular weight is 1020 g/mol. The first-order valence-electron chi connectivity index (χ1n) is 23.4. The minimum Gasteiger partial charge on any atom is -0.480 e. The average Bonchev–Trinajstić information content (AvgIpc) is 4.01. The summed E-state index contributed by atoms with van der Waals surface area (Å²) in [5, 5.41) is 44.6. The molecule has 0 unspecified atom stereocenters. The van der Waals surface area contributed by atoms with Gasteiger partial charge in [0.25, 0.3) is 0 Å². The molecule has 3 rings (SSSR count). The number of hydrogen-bond donors (Lipinski definition) is 13. The number of benzene rings is 1. The summed E-state index contributed by atoms with van der Waals surface area (Å²) in [6, 6.07) is -5.17. The lowest BCUT2D eigenvalue weighted by Crippen LogP contribution is -2.62. The van der Waals surface area contributed by atoms with Crippen LogP contribution in [-0.2, 0) is 64.0 Å². The van der Waals surface area contributed by atoms with Gasteiger partial charge >= 0.3 is 5.97 Å². The number of carbonyl (C=O) groups is 12. The number of hydrogen-bond acceptors (Lipinski definition) is 15. The molecular weight excluding hydrogens is 949 g/mol. The molecule has 2 saturated heterocycles. The summed E-state index contributed by atoms with van der Waals surface area (Å²) in [4.78, 5) is 159. The third kappa shape index (κ3) is 17.9. The van der Waals surface area contributed by atoms with E-state index < -0.39 is 151 Å². The maximum Gasteiger partial charge on any atom is 0.326 e. The molecule has 27 nitrogen and oxygen atoms in total. The molecule has 10 atom stereocenters. The molecule has 0 aliphatic carbocycles. The smallest absolute Gasteiger partial charge is 0.326 e. The first-order valence-corrected chi connectivity index (χ1v) is 23.4. The minimum atomic E-state index is -1.88. The Kier molecular flexibility index (Phi) is 22.9. The van der Waals surface area contributed by atoms with Crippen LogP contribution in [0.3, 0.4) is 0 Å². The van der Waals surface area contributed by atoms with Gasteiger partial charge in [-0.3, -0.25) is 52.7 Å². The van der Waals surface area contributed by atoms with Crippen LogP contribution < -0.4 is 54.8 Å². The van der Waals surface area contributed by atoms with Crippen molar-refractivity contribution in [1.29, 1.82) is 0 Å². The number of nitrogens with zero attached hydrogens (tertiary/aromatic N) is 2. The first-order chi connectivity index (χ1) is 33.8. The second kappa shape index (κ2) is 28.0. The third-order valence-corrected chi connectivity index (χ3v) is 11.9. The maximum absolute atomic E-state index is 14.2. The Morgan fingerprint density at radius 1 is 0.625 bits per heavy atom. The number of likely N-dealkylation sites (tertiary alicyclic amines) is 2. The molecule has 0 saturated carbocycles. The highest BCUT2D eigenvalue weighted by Crippen LogP contribution is 2.21. The second-order valence-corrected chi connectivity index (χ2v) is 18.2. The Morgan fingerprint density at radius 3 is 1.61 bits per heavy atom. The summed E-state index contributed by atoms with van der Waals surface area (Å²) in [6.07, 6.45) is -2.96. The van der Waals surface area contributed by atoms with E-state index >= 15 is 0 Å². The van der Waals surface area contributed by atoms with Crippen LogP contribution in [0.25, 0.3) is 0 Å². The number of carboxylic acids is 1. The summed E-state index contributed by atoms with van der Waals surface area (Å²) < 4.78 is 0. The molecule has 27 heteroatoms. The number of aliphatic hydroxyl groups excluding tert-OH is 2. The third-order valence-electron chi connectivity index (χ3n) is 11.9. The zero-order chi connectivity index (χ0) is 54.0. The Bertz CT molecular complexity index is 2160. The zero-order valence-corrected chi connectivity index (χ0v) is 40.4. The summed E-state index contributed by atoms with van der Waals surface area (Å²) in [5.41, 5.74) is 22.5. The minimum absolute atomic E-state index is 0.00258. The lowest BCUT2D eigenvalue weighted by atomic mass is 10.00. The molecule has 0 aromatic heterocycles. The fourth-order valence-electron chi connectivity index (χ4n) is 8.19. The van der Waals surface area contributed by atoms with Gasteiger partial charge in [0.1, 0.15) is 48.3 Å². The van der Waals surface area contributed by atoms with Crippen molar-refractivity contribution in [2.75, 3.05) is 19.7 Å². The van der Waals surface area contributed by atoms with E-state index in [1.165, 1.54) is 0 Å². The quantitative estimate of drug-likeness (QED) is 0.0372. The van der Waals surface area contributed by atoms with Gasteiger partial charge in [-0.25, -0.2) is 4.79 Å². The van der Waals surface area contributed by atoms with Crippen LogP contribution in [0, 0.1) is 5.92 Å². The molecule has 2 aliphatic rings. The lowest BCUT2D eigenvalue weighted by molar-refractivity contribution is -0.150. The molecule has 1 aromatic rings. The monoisotopic (exact) mass is 1020 g/mol. The van der Waals surface area contributed by atoms with Crippen molar-refractivity contribution in [2.45, 2.75) is 145 Å². The number of carbonyl (C=O) groups excluding carboxylic acids is 11. The molecule has 2 heterocycles. The van der Waals surface area contributed by atoms with Crippen molar-refractivity contribution >= 4 is 70.9 Å². The van der Waals surface area contributed by atoms with Gasteiger partial charge in [-0.15, -0.1) is 0 Å². The highest BCUT2D eigenvalue weighted by Gasteiger charge is 2.42. The second-order valence-electron chi connectivity index (χ2n) is 18.2. The fourth-order valence-corrected chi connectivity index (χ4v) is 8.19. The van der Waals surface area contributed by atoms with Crippen molar-refractivity contribution in [1.82, 2.24) is 41.7 Å². The largest absolute Gasteiger partial charge is 0.480 e. The fraction of sp³-hybridized carbons (Fsp3) is 0.600. The molecule has 0 radical (unpaired) electrons. The van der Waals surface area contributed by atoms with E-state index in [1.807, 2.05) is 0 Å². The predicted octanol–water partition coefficient (Wildman–Crippen LogP) is -6.03. The summed E-state index contributed by atoms with van der Waals surface area (Å²) in [6.45, 7) is 3.46. The first kappa shape index (κ1) is 59.1. The zero-order valence-electron chi connectivity index (χ0n) is 40.4. The molecule has 1 aromatic carbocycles. The van der Waals surface area contributed by atoms with Gasteiger partial charge in [0.2, 0.25) is 65.0 Å². The lowest BCUT2D eigenvalue weighted by Gasteiger charge is -2.31. The summed E-state index contributed by atoms with van der Waals surface area (Å²) >= 11 is 0. The Hall–Kier alpha value is -7.26. The van der Waals surface area contributed by atoms with Crippen LogP contribution in [0.1, 0.15) is 84.1 Å². The van der Waals surface area contributed by atoms with Gasteiger partial charge in [0.15, 0.2) is 0 Å². The highest BCUT2D eigenvalue weighted by molar-refractivity contribution is 6.00. The van der Waals surface area contributed by atoms with Crippen LogP contribution >= 0.6 is 0 Å². The Morgan fingerprint density at radius 2 is 1.11 bits per heavy atom. The number of aliphatic hydroxyl groups is 2. The van der Waals surface area contributed by atoms with E-state index in [0.717, 1.165) is 16.7 Å². The van der Waals surface area contributed by atoms with Crippen molar-refractivity contribution in [3.8, 4) is 0 Å². The SMILES string of the molecule is CC(C)C[C@H](NC(=O)[C@@H](N)CCC(N)=O)C(=O)N[C@@H](Cc1ccccc1)C(=O)N[C@@H](CC(N)=O)C(=O)N1CCC[C@H]1C(=O)N[C@@H](CO)C(=O)N[C@H](C(=O)N[C@@H](CC(N)=O)C(=O)N1CCC[C@H]1C(=O)O)[C@@H](C)O. The molecule has 11 amide bonds. The van der Waals surface area contributed by atoms with E-state index in [9.17, 15) is 72.9 Å². The number of primary amides is 3. The van der Waals surface area contributed by atoms with E-state index in [2.05, 4.69) is 31.9 Å². The topological polar surface area (TPSA) is 448 Å². The van der Waals surface area contributed by atoms with Gasteiger partial charge in [-0.2, -0.15) is 0 Å². The molecule has 2 aliphatic heterocycles. The van der Waals surface area contributed by atoms with Crippen molar-refractivity contribution in [3.63, 3.8) is 0 Å². The van der Waals surface area contributed by atoms with Crippen LogP contribution in [-0.4, -0.2) is 176 Å². The molecule has 2 fully saturated rings. The summed E-state index contributed by atoms with van der Waals surface area (Å²) in [5.74, 6) is -12.1. The Balaban J connectivity index is 1.80. The predicted molar refractivity (Wildman–Crippen MR) is 251 cm³/mol. The van der Waals surface area contributed by atoms with Gasteiger partial charge < -0.3 is 80.0 Å². The number of carboxylic acid groups (broad SMARTS) is 1. The van der Waals surface area contributed by atoms with Gasteiger partial charge in [-0.1, -0.05) is 44.2 Å². The van der Waals surface area contributed by atoms with Gasteiger partial charge in [0.05, 0.1) is 31.6 Å². The molecule has 72 heavy (non-hydrogen) atoms. The van der Waals surface area contributed by atoms with Crippen LogP contribution in [0.15, 0.2) is 30.3 Å². The van der Waals surface area contributed by atoms with Gasteiger partial charge in [0, 0.05) is 25.9 Å². The molecule has 0 bridgehead atoms. The van der Waals surface area contributed by atoms with E-state index in [1.54, 1.807) is 44.2 Å². The van der Waals surface area contributed by atoms with Crippen LogP contribution in [0.5, 0.6) is 0 Å². The van der Waals surface area contributed by atoms with E-state index in [-0.39, 0.29) is 64.0 Å². The number of rotatable bonds is 28. The standard InChI is InChI=1S/C45H68N12O15/c1-22(2)17-26(50-37(63)25(46)13-14-33(47)60)38(64)51-27(18-24-9-5-4-6-10-24)39(65)52-28(19-34(48)61)43(69)56-15-7-11-31(56)41(67)54-30(21-58)40(66)55-36(23(3)59)42(68)53-29(20-35(49)62)44(70)57-16-8-12-32(57)45(71)72/h4-6,9-10,22-23,25-32,36,58-59H,7-8,11-21,46H2,1-3H3,(H2,47,60)(H2,48,61)(H2,49,62)(H,50,63)(H,51,64)(H,52,65)(H,53,68)(H,54,67)(H,55,66)(H,71,72)/t23-,25+,26+,27+,28+,29+,30+,31+,32+,36+/m1/s1. The number of aliphatic carboxylic acids is 1. The summed E-state index contributed by atoms with van der Waals surface area (Å²) in [7, 11) is 0.